The number of halogens is 1. The van der Waals surface area contributed by atoms with E-state index < -0.39 is 5.97 Å². The summed E-state index contributed by atoms with van der Waals surface area (Å²) in [7, 11) is 1.59. The molecule has 5 heteroatoms. The molecule has 0 fully saturated rings. The average molecular weight is 372 g/mol. The molecule has 0 atom stereocenters. The van der Waals surface area contributed by atoms with Crippen molar-refractivity contribution >= 4 is 33.9 Å². The third-order valence-electron chi connectivity index (χ3n) is 3.40. The maximum atomic E-state index is 12.0. The van der Waals surface area contributed by atoms with E-state index in [4.69, 9.17) is 9.47 Å². The number of methoxy groups -OCH3 is 1. The molecule has 1 aliphatic heterocycles. The van der Waals surface area contributed by atoms with Crippen molar-refractivity contribution in [2.24, 2.45) is 4.99 Å². The number of ether oxygens (including phenoxy) is 2. The summed E-state index contributed by atoms with van der Waals surface area (Å²) in [6.45, 7) is 2.01. The lowest BCUT2D eigenvalue weighted by molar-refractivity contribution is -0.129. The zero-order chi connectivity index (χ0) is 16.4. The molecule has 0 aromatic heterocycles. The number of benzene rings is 2. The van der Waals surface area contributed by atoms with Crippen molar-refractivity contribution in [2.45, 2.75) is 6.92 Å². The molecule has 1 aliphatic rings. The summed E-state index contributed by atoms with van der Waals surface area (Å²) < 4.78 is 11.2. The second-order valence-electron chi connectivity index (χ2n) is 5.10. The minimum Gasteiger partial charge on any atom is -0.496 e. The maximum Gasteiger partial charge on any atom is 0.363 e. The predicted octanol–water partition coefficient (Wildman–Crippen LogP) is 4.11. The first-order chi connectivity index (χ1) is 11.1. The van der Waals surface area contributed by atoms with Crippen molar-refractivity contribution < 1.29 is 14.3 Å². The quantitative estimate of drug-likeness (QED) is 0.602. The number of nitrogens with zero attached hydrogens (tertiary/aromatic N) is 1. The summed E-state index contributed by atoms with van der Waals surface area (Å²) in [4.78, 5) is 16.3. The molecule has 0 unspecified atom stereocenters. The summed E-state index contributed by atoms with van der Waals surface area (Å²) in [5, 5.41) is 0. The van der Waals surface area contributed by atoms with Gasteiger partial charge >= 0.3 is 5.97 Å². The van der Waals surface area contributed by atoms with Gasteiger partial charge in [-0.3, -0.25) is 0 Å². The van der Waals surface area contributed by atoms with Gasteiger partial charge in [0.25, 0.3) is 0 Å². The van der Waals surface area contributed by atoms with E-state index in [1.54, 1.807) is 31.4 Å². The number of aryl methyl sites for hydroxylation is 1. The van der Waals surface area contributed by atoms with Gasteiger partial charge in [0, 0.05) is 5.56 Å². The highest BCUT2D eigenvalue weighted by Gasteiger charge is 2.24. The van der Waals surface area contributed by atoms with Crippen LogP contribution in [0.5, 0.6) is 5.75 Å². The van der Waals surface area contributed by atoms with Crippen molar-refractivity contribution in [3.63, 3.8) is 0 Å². The Bertz CT molecular complexity index is 823. The van der Waals surface area contributed by atoms with Crippen molar-refractivity contribution in [1.29, 1.82) is 0 Å². The SMILES string of the molecule is COc1ccc(C2=N/C(=C/c3ccc(C)cc3)C(=O)O2)cc1Br. The lowest BCUT2D eigenvalue weighted by atomic mass is 10.1. The highest BCUT2D eigenvalue weighted by molar-refractivity contribution is 9.10. The maximum absolute atomic E-state index is 12.0. The monoisotopic (exact) mass is 371 g/mol. The van der Waals surface area contributed by atoms with Gasteiger partial charge in [0.15, 0.2) is 5.70 Å². The lowest BCUT2D eigenvalue weighted by Crippen LogP contribution is -2.05. The van der Waals surface area contributed by atoms with E-state index in [9.17, 15) is 4.79 Å². The lowest BCUT2D eigenvalue weighted by Gasteiger charge is -2.05. The van der Waals surface area contributed by atoms with Crippen LogP contribution in [0, 0.1) is 6.92 Å². The Morgan fingerprint density at radius 1 is 1.17 bits per heavy atom. The van der Waals surface area contributed by atoms with Crippen molar-refractivity contribution in [3.05, 3.63) is 69.3 Å². The molecule has 0 spiro atoms. The van der Waals surface area contributed by atoms with Crippen LogP contribution in [0.3, 0.4) is 0 Å². The smallest absolute Gasteiger partial charge is 0.363 e. The van der Waals surface area contributed by atoms with Gasteiger partial charge in [0.1, 0.15) is 5.75 Å². The standard InChI is InChI=1S/C18H14BrNO3/c1-11-3-5-12(6-4-11)9-15-18(21)23-17(20-15)13-7-8-16(22-2)14(19)10-13/h3-10H,1-2H3/b15-9+. The van der Waals surface area contributed by atoms with Gasteiger partial charge in [0.2, 0.25) is 5.90 Å². The summed E-state index contributed by atoms with van der Waals surface area (Å²) in [6, 6.07) is 13.2. The number of cyclic esters (lactones) is 1. The fourth-order valence-corrected chi connectivity index (χ4v) is 2.69. The minimum atomic E-state index is -0.451. The zero-order valence-corrected chi connectivity index (χ0v) is 14.3. The van der Waals surface area contributed by atoms with Crippen LogP contribution < -0.4 is 4.74 Å². The molecule has 0 aliphatic carbocycles. The van der Waals surface area contributed by atoms with E-state index in [0.29, 0.717) is 11.3 Å². The summed E-state index contributed by atoms with van der Waals surface area (Å²) >= 11 is 3.41. The predicted molar refractivity (Wildman–Crippen MR) is 92.5 cm³/mol. The highest BCUT2D eigenvalue weighted by atomic mass is 79.9. The molecule has 4 nitrogen and oxygen atoms in total. The first-order valence-corrected chi connectivity index (χ1v) is 7.79. The summed E-state index contributed by atoms with van der Waals surface area (Å²) in [6.07, 6.45) is 1.72. The summed E-state index contributed by atoms with van der Waals surface area (Å²) in [5.41, 5.74) is 3.06. The van der Waals surface area contributed by atoms with Crippen molar-refractivity contribution in [1.82, 2.24) is 0 Å². The van der Waals surface area contributed by atoms with Crippen LogP contribution in [0.2, 0.25) is 0 Å². The average Bonchev–Trinajstić information content (AvgIpc) is 2.90. The Hall–Kier alpha value is -2.40. The number of hydrogen-bond donors (Lipinski definition) is 0. The van der Waals surface area contributed by atoms with Crippen LogP contribution in [0.1, 0.15) is 16.7 Å². The van der Waals surface area contributed by atoms with Gasteiger partial charge in [-0.1, -0.05) is 29.8 Å². The number of carbonyl (C=O) groups is 1. The topological polar surface area (TPSA) is 47.9 Å². The Morgan fingerprint density at radius 3 is 2.57 bits per heavy atom. The van der Waals surface area contributed by atoms with Gasteiger partial charge in [-0.05, 0) is 52.7 Å². The summed E-state index contributed by atoms with van der Waals surface area (Å²) in [5.74, 6) is 0.540. The van der Waals surface area contributed by atoms with E-state index in [1.165, 1.54) is 0 Å². The highest BCUT2D eigenvalue weighted by Crippen LogP contribution is 2.27. The second kappa shape index (κ2) is 6.38. The molecule has 0 saturated heterocycles. The van der Waals surface area contributed by atoms with Crippen LogP contribution in [0.4, 0.5) is 0 Å². The first-order valence-electron chi connectivity index (χ1n) is 7.00. The molecule has 116 valence electrons. The van der Waals surface area contributed by atoms with Crippen LogP contribution in [0.15, 0.2) is 57.6 Å². The molecule has 2 aromatic rings. The molecule has 3 rings (SSSR count). The first kappa shape index (κ1) is 15.5. The Balaban J connectivity index is 1.92. The van der Waals surface area contributed by atoms with Gasteiger partial charge in [-0.2, -0.15) is 0 Å². The largest absolute Gasteiger partial charge is 0.496 e. The minimum absolute atomic E-state index is 0.288. The second-order valence-corrected chi connectivity index (χ2v) is 5.95. The van der Waals surface area contributed by atoms with E-state index in [1.807, 2.05) is 31.2 Å². The number of carbonyl (C=O) groups excluding carboxylic acids is 1. The normalized spacial score (nSPS) is 15.5. The van der Waals surface area contributed by atoms with E-state index in [2.05, 4.69) is 20.9 Å². The van der Waals surface area contributed by atoms with E-state index in [0.717, 1.165) is 15.6 Å². The molecule has 0 bridgehead atoms. The van der Waals surface area contributed by atoms with Gasteiger partial charge < -0.3 is 9.47 Å². The van der Waals surface area contributed by atoms with Crippen LogP contribution >= 0.6 is 15.9 Å². The van der Waals surface area contributed by atoms with E-state index in [-0.39, 0.29) is 11.6 Å². The molecule has 23 heavy (non-hydrogen) atoms. The Kier molecular flexibility index (Phi) is 4.30. The Labute approximate surface area is 142 Å². The third-order valence-corrected chi connectivity index (χ3v) is 4.02. The van der Waals surface area contributed by atoms with Gasteiger partial charge in [-0.15, -0.1) is 0 Å². The van der Waals surface area contributed by atoms with Gasteiger partial charge in [0.05, 0.1) is 11.6 Å². The van der Waals surface area contributed by atoms with Crippen molar-refractivity contribution in [2.75, 3.05) is 7.11 Å². The van der Waals surface area contributed by atoms with E-state index >= 15 is 0 Å². The number of aliphatic imine (C=N–C) groups is 1. The molecule has 2 aromatic carbocycles. The van der Waals surface area contributed by atoms with Crippen LogP contribution in [0.25, 0.3) is 6.08 Å². The van der Waals surface area contributed by atoms with Crippen LogP contribution in [-0.4, -0.2) is 19.0 Å². The number of rotatable bonds is 3. The molecule has 0 N–H and O–H groups in total. The Morgan fingerprint density at radius 2 is 1.91 bits per heavy atom. The molecule has 0 radical (unpaired) electrons. The van der Waals surface area contributed by atoms with Gasteiger partial charge in [-0.25, -0.2) is 9.79 Å². The molecular weight excluding hydrogens is 358 g/mol. The number of hydrogen-bond acceptors (Lipinski definition) is 4. The molecule has 0 amide bonds. The fourth-order valence-electron chi connectivity index (χ4n) is 2.15. The van der Waals surface area contributed by atoms with Crippen molar-refractivity contribution in [3.8, 4) is 5.75 Å². The zero-order valence-electron chi connectivity index (χ0n) is 12.7. The van der Waals surface area contributed by atoms with Crippen LogP contribution in [-0.2, 0) is 9.53 Å². The number of esters is 1. The molecule has 0 saturated carbocycles. The third kappa shape index (κ3) is 3.35. The molecular formula is C18H14BrNO3. The fraction of sp³-hybridized carbons (Fsp3) is 0.111. The molecule has 1 heterocycles.